The van der Waals surface area contributed by atoms with E-state index in [2.05, 4.69) is 33.2 Å². The first kappa shape index (κ1) is 14.3. The Morgan fingerprint density at radius 1 is 1.43 bits per heavy atom. The minimum Gasteiger partial charge on any atom is -0.475 e. The number of carbonyl (C=O) groups excluding carboxylic acids is 1. The summed E-state index contributed by atoms with van der Waals surface area (Å²) in [5, 5.41) is 5.05. The molecule has 1 saturated heterocycles. The zero-order chi connectivity index (χ0) is 14.8. The maximum atomic E-state index is 11.5. The fourth-order valence-corrected chi connectivity index (χ4v) is 3.15. The maximum absolute atomic E-state index is 11.5. The zero-order valence-corrected chi connectivity index (χ0v) is 13.4. The van der Waals surface area contributed by atoms with Crippen LogP contribution in [0.2, 0.25) is 0 Å². The topological polar surface area (TPSA) is 51.2 Å². The number of ether oxygens (including phenoxy) is 1. The summed E-state index contributed by atoms with van der Waals surface area (Å²) in [6.07, 6.45) is 3.32. The van der Waals surface area contributed by atoms with E-state index >= 15 is 0 Å². The van der Waals surface area contributed by atoms with Crippen molar-refractivity contribution >= 4 is 32.6 Å². The van der Waals surface area contributed by atoms with E-state index in [9.17, 15) is 4.79 Å². The first-order valence-corrected chi connectivity index (χ1v) is 7.93. The smallest absolute Gasteiger partial charge is 0.221 e. The molecule has 2 heterocycles. The summed E-state index contributed by atoms with van der Waals surface area (Å²) in [5.74, 6) is 1.09. The lowest BCUT2D eigenvalue weighted by Gasteiger charge is -2.18. The molecule has 1 N–H and O–H groups in total. The molecule has 3 rings (SSSR count). The second-order valence-electron chi connectivity index (χ2n) is 5.34. The maximum Gasteiger partial charge on any atom is 0.221 e. The zero-order valence-electron chi connectivity index (χ0n) is 11.8. The Hall–Kier alpha value is -1.62. The van der Waals surface area contributed by atoms with Crippen LogP contribution < -0.4 is 10.1 Å². The van der Waals surface area contributed by atoms with E-state index in [0.29, 0.717) is 24.8 Å². The van der Waals surface area contributed by atoms with Gasteiger partial charge in [0.25, 0.3) is 0 Å². The van der Waals surface area contributed by atoms with E-state index in [1.807, 2.05) is 24.3 Å². The third-order valence-electron chi connectivity index (χ3n) is 3.98. The second kappa shape index (κ2) is 6.02. The summed E-state index contributed by atoms with van der Waals surface area (Å²) in [4.78, 5) is 15.8. The third kappa shape index (κ3) is 3.02. The van der Waals surface area contributed by atoms with Crippen molar-refractivity contribution < 1.29 is 9.53 Å². The van der Waals surface area contributed by atoms with Gasteiger partial charge in [0.15, 0.2) is 0 Å². The molecule has 0 bridgehead atoms. The normalized spacial score (nSPS) is 21.5. The predicted octanol–water partition coefficient (Wildman–Crippen LogP) is 3.29. The van der Waals surface area contributed by atoms with Gasteiger partial charge in [-0.25, -0.2) is 4.98 Å². The number of fused-ring (bicyclic) bond motifs is 1. The van der Waals surface area contributed by atoms with E-state index in [4.69, 9.17) is 4.74 Å². The number of nitrogens with one attached hydrogen (secondary N) is 1. The molecule has 2 aromatic rings. The lowest BCUT2D eigenvalue weighted by atomic mass is 9.98. The number of carbonyl (C=O) groups is 1. The molecule has 110 valence electrons. The highest BCUT2D eigenvalue weighted by Crippen LogP contribution is 2.27. The summed E-state index contributed by atoms with van der Waals surface area (Å²) in [6.45, 7) is 2.57. The molecule has 1 amide bonds. The van der Waals surface area contributed by atoms with Gasteiger partial charge in [0, 0.05) is 22.5 Å². The van der Waals surface area contributed by atoms with Gasteiger partial charge in [-0.3, -0.25) is 4.79 Å². The SMILES string of the molecule is CC[C@@H]1CC(=O)N[C@@H]1COc1nccc2cc(Br)ccc12. The minimum atomic E-state index is 0.0787. The Labute approximate surface area is 132 Å². The average Bonchev–Trinajstić information content (AvgIpc) is 2.84. The Kier molecular flexibility index (Phi) is 4.10. The molecule has 1 aromatic heterocycles. The quantitative estimate of drug-likeness (QED) is 0.922. The van der Waals surface area contributed by atoms with Crippen molar-refractivity contribution in [3.05, 3.63) is 34.9 Å². The summed E-state index contributed by atoms with van der Waals surface area (Å²) >= 11 is 3.46. The van der Waals surface area contributed by atoms with Crippen molar-refractivity contribution in [3.63, 3.8) is 0 Å². The van der Waals surface area contributed by atoms with Crippen LogP contribution in [-0.4, -0.2) is 23.5 Å². The number of amides is 1. The number of rotatable bonds is 4. The highest BCUT2D eigenvalue weighted by atomic mass is 79.9. The summed E-state index contributed by atoms with van der Waals surface area (Å²) < 4.78 is 6.91. The molecule has 0 saturated carbocycles. The van der Waals surface area contributed by atoms with E-state index in [1.165, 1.54) is 0 Å². The molecule has 1 fully saturated rings. The van der Waals surface area contributed by atoms with Gasteiger partial charge in [-0.05, 0) is 35.6 Å². The number of hydrogen-bond donors (Lipinski definition) is 1. The van der Waals surface area contributed by atoms with Gasteiger partial charge in [-0.15, -0.1) is 0 Å². The Morgan fingerprint density at radius 2 is 2.29 bits per heavy atom. The molecule has 2 atom stereocenters. The van der Waals surface area contributed by atoms with Crippen LogP contribution in [0.3, 0.4) is 0 Å². The molecule has 21 heavy (non-hydrogen) atoms. The van der Waals surface area contributed by atoms with Crippen molar-refractivity contribution in [3.8, 4) is 5.88 Å². The molecule has 0 unspecified atom stereocenters. The Bertz CT molecular complexity index is 674. The fourth-order valence-electron chi connectivity index (χ4n) is 2.78. The number of hydrogen-bond acceptors (Lipinski definition) is 3. The molecule has 1 aliphatic heterocycles. The lowest BCUT2D eigenvalue weighted by molar-refractivity contribution is -0.119. The highest BCUT2D eigenvalue weighted by Gasteiger charge is 2.31. The molecule has 1 aliphatic rings. The largest absolute Gasteiger partial charge is 0.475 e. The third-order valence-corrected chi connectivity index (χ3v) is 4.47. The number of nitrogens with zero attached hydrogens (tertiary/aromatic N) is 1. The van der Waals surface area contributed by atoms with Gasteiger partial charge in [0.2, 0.25) is 11.8 Å². The van der Waals surface area contributed by atoms with E-state index < -0.39 is 0 Å². The van der Waals surface area contributed by atoms with Gasteiger partial charge in [0.1, 0.15) is 6.61 Å². The first-order chi connectivity index (χ1) is 10.2. The summed E-state index contributed by atoms with van der Waals surface area (Å²) in [7, 11) is 0. The van der Waals surface area contributed by atoms with Crippen LogP contribution in [-0.2, 0) is 4.79 Å². The van der Waals surface area contributed by atoms with Crippen molar-refractivity contribution in [2.75, 3.05) is 6.61 Å². The van der Waals surface area contributed by atoms with Crippen LogP contribution in [0, 0.1) is 5.92 Å². The fraction of sp³-hybridized carbons (Fsp3) is 0.375. The van der Waals surface area contributed by atoms with Crippen LogP contribution in [0.4, 0.5) is 0 Å². The van der Waals surface area contributed by atoms with Gasteiger partial charge < -0.3 is 10.1 Å². The van der Waals surface area contributed by atoms with Crippen LogP contribution in [0.5, 0.6) is 5.88 Å². The number of pyridine rings is 1. The Balaban J connectivity index is 1.78. The number of halogens is 1. The van der Waals surface area contributed by atoms with E-state index in [-0.39, 0.29) is 11.9 Å². The number of aromatic nitrogens is 1. The van der Waals surface area contributed by atoms with Crippen LogP contribution in [0.15, 0.2) is 34.9 Å². The van der Waals surface area contributed by atoms with Gasteiger partial charge >= 0.3 is 0 Å². The Morgan fingerprint density at radius 3 is 3.10 bits per heavy atom. The molecule has 0 radical (unpaired) electrons. The van der Waals surface area contributed by atoms with Crippen LogP contribution in [0.1, 0.15) is 19.8 Å². The monoisotopic (exact) mass is 348 g/mol. The van der Waals surface area contributed by atoms with Gasteiger partial charge in [-0.1, -0.05) is 29.3 Å². The van der Waals surface area contributed by atoms with Crippen LogP contribution in [0.25, 0.3) is 10.8 Å². The molecular weight excluding hydrogens is 332 g/mol. The molecule has 0 spiro atoms. The van der Waals surface area contributed by atoms with Crippen molar-refractivity contribution in [2.24, 2.45) is 5.92 Å². The van der Waals surface area contributed by atoms with Crippen molar-refractivity contribution in [1.29, 1.82) is 0 Å². The summed E-state index contributed by atoms with van der Waals surface area (Å²) in [5.41, 5.74) is 0. The second-order valence-corrected chi connectivity index (χ2v) is 6.25. The predicted molar refractivity (Wildman–Crippen MR) is 85.3 cm³/mol. The molecule has 4 nitrogen and oxygen atoms in total. The van der Waals surface area contributed by atoms with Crippen LogP contribution >= 0.6 is 15.9 Å². The van der Waals surface area contributed by atoms with E-state index in [1.54, 1.807) is 6.20 Å². The standard InChI is InChI=1S/C16H17BrN2O2/c1-2-10-8-15(20)19-14(10)9-21-16-13-4-3-12(17)7-11(13)5-6-18-16/h3-7,10,14H,2,8-9H2,1H3,(H,19,20)/t10-,14-/m1/s1. The first-order valence-electron chi connectivity index (χ1n) is 7.14. The molecule has 1 aromatic carbocycles. The highest BCUT2D eigenvalue weighted by molar-refractivity contribution is 9.10. The lowest BCUT2D eigenvalue weighted by Crippen LogP contribution is -2.34. The minimum absolute atomic E-state index is 0.0787. The van der Waals surface area contributed by atoms with Crippen molar-refractivity contribution in [1.82, 2.24) is 10.3 Å². The molecular formula is C16H17BrN2O2. The van der Waals surface area contributed by atoms with Crippen molar-refractivity contribution in [2.45, 2.75) is 25.8 Å². The van der Waals surface area contributed by atoms with Gasteiger partial charge in [-0.2, -0.15) is 0 Å². The molecule has 0 aliphatic carbocycles. The molecule has 5 heteroatoms. The average molecular weight is 349 g/mol. The van der Waals surface area contributed by atoms with Gasteiger partial charge in [0.05, 0.1) is 6.04 Å². The van der Waals surface area contributed by atoms with E-state index in [0.717, 1.165) is 21.7 Å². The number of benzene rings is 1. The summed E-state index contributed by atoms with van der Waals surface area (Å²) in [6, 6.07) is 8.04.